The molecular weight excluding hydrogens is 1560 g/mol. The highest BCUT2D eigenvalue weighted by molar-refractivity contribution is 6.42. The first kappa shape index (κ1) is 90.6. The van der Waals surface area contributed by atoms with Gasteiger partial charge in [0.1, 0.15) is 39.8 Å². The van der Waals surface area contributed by atoms with E-state index >= 15 is 0 Å². The molecule has 0 radical (unpaired) electrons. The van der Waals surface area contributed by atoms with Crippen molar-refractivity contribution in [2.75, 3.05) is 127 Å². The molecule has 6 heterocycles. The number of benzene rings is 8. The van der Waals surface area contributed by atoms with Gasteiger partial charge in [0.25, 0.3) is 34.4 Å². The molecule has 3 fully saturated rings. The highest BCUT2D eigenvalue weighted by Crippen LogP contribution is 2.37. The molecular formula is C92H101Cl2F2N9O14. The number of hydrogen-bond acceptors (Lipinski definition) is 17. The molecule has 3 aliphatic rings. The Morgan fingerprint density at radius 1 is 0.370 bits per heavy atom. The number of hydrogen-bond donors (Lipinski definition) is 0. The standard InChI is InChI=1S/C32H32FN3O5.C31H28Cl2FN3O4.C26H29N3O5.3CH4/c1-4-41-32(39)28-29(34-15-17-35(18-16-34)30(37)23-8-12-25(40-3)13-9-23)26-19-21(2)5-14-27(26)36(31(28)38)20-22-6-10-24(33)11-7-22;1-3-41-31(40)27-28(35-12-14-36(15-13-35)29(38)21-7-10-24(32)25(33)17-21)23-16-19(2)4-11-26(23)37(30(27)39)18-20-5-8-22(34)9-6-20;1-5-34-26(32)22-23(20-16-17(2)6-11-21(20)27(3)25(22)31)28-12-14-29(15-13-28)24(30)18-7-9-19(33-4)10-8-18;;;/h5-14,19H,4,15-18,20H2,1-3H3;4-11,16-17H,3,12-15,18H2,1-2H3;6-11,16H,5,12-15H2,1-4H3;3*1H4. The number of fused-ring (bicyclic) bond motifs is 3. The number of pyridine rings is 3. The molecule has 0 atom stereocenters. The topological polar surface area (TPSA) is 234 Å². The lowest BCUT2D eigenvalue weighted by Crippen LogP contribution is -2.49. The molecule has 0 unspecified atom stereocenters. The maximum atomic E-state index is 14.0. The minimum absolute atomic E-state index is 0. The Bertz CT molecular complexity index is 5740. The van der Waals surface area contributed by atoms with Crippen LogP contribution in [0.15, 0.2) is 184 Å². The van der Waals surface area contributed by atoms with Crippen molar-refractivity contribution in [3.63, 3.8) is 0 Å². The second-order valence-electron chi connectivity index (χ2n) is 28.2. The lowest BCUT2D eigenvalue weighted by molar-refractivity contribution is 0.0514. The van der Waals surface area contributed by atoms with E-state index in [2.05, 4.69) is 0 Å². The van der Waals surface area contributed by atoms with Crippen LogP contribution in [0.3, 0.4) is 0 Å². The molecule has 3 aromatic heterocycles. The zero-order valence-electron chi connectivity index (χ0n) is 65.9. The van der Waals surface area contributed by atoms with Gasteiger partial charge < -0.3 is 66.8 Å². The number of carbonyl (C=O) groups excluding carboxylic acids is 6. The van der Waals surface area contributed by atoms with Gasteiger partial charge in [0, 0.05) is 118 Å². The van der Waals surface area contributed by atoms with Crippen LogP contribution in [0.1, 0.15) is 133 Å². The van der Waals surface area contributed by atoms with Crippen LogP contribution < -0.4 is 40.9 Å². The van der Waals surface area contributed by atoms with E-state index in [4.69, 9.17) is 46.9 Å². The van der Waals surface area contributed by atoms with Gasteiger partial charge in [-0.05, 0) is 180 Å². The molecule has 0 aliphatic carbocycles. The molecule has 0 bridgehead atoms. The quantitative estimate of drug-likeness (QED) is 0.0573. The van der Waals surface area contributed by atoms with Gasteiger partial charge in [0.2, 0.25) is 0 Å². The summed E-state index contributed by atoms with van der Waals surface area (Å²) in [7, 11) is 4.83. The number of aromatic nitrogens is 3. The van der Waals surface area contributed by atoms with Crippen molar-refractivity contribution in [3.8, 4) is 11.5 Å². The molecule has 14 rings (SSSR count). The van der Waals surface area contributed by atoms with Crippen LogP contribution in [0.25, 0.3) is 32.7 Å². The molecule has 0 saturated carbocycles. The van der Waals surface area contributed by atoms with E-state index in [1.165, 1.54) is 33.4 Å². The van der Waals surface area contributed by atoms with Crippen molar-refractivity contribution in [2.45, 2.75) is 76.9 Å². The fraction of sp³-hybridized carbons (Fsp3) is 0.315. The first-order valence-corrected chi connectivity index (χ1v) is 38.9. The van der Waals surface area contributed by atoms with Gasteiger partial charge in [0.05, 0.1) is 90.8 Å². The summed E-state index contributed by atoms with van der Waals surface area (Å²) in [5.74, 6) is -1.73. The van der Waals surface area contributed by atoms with Crippen LogP contribution >= 0.6 is 23.2 Å². The summed E-state index contributed by atoms with van der Waals surface area (Å²) in [5.41, 5.74) is 8.19. The van der Waals surface area contributed by atoms with Gasteiger partial charge in [-0.25, -0.2) is 23.2 Å². The average Bonchev–Trinajstić information content (AvgIpc) is 0.754. The Kier molecular flexibility index (Phi) is 30.6. The molecule has 626 valence electrons. The van der Waals surface area contributed by atoms with Gasteiger partial charge in [-0.3, -0.25) is 28.8 Å². The van der Waals surface area contributed by atoms with E-state index in [-0.39, 0.29) is 107 Å². The van der Waals surface area contributed by atoms with Crippen molar-refractivity contribution in [1.82, 2.24) is 28.4 Å². The lowest BCUT2D eigenvalue weighted by Gasteiger charge is -2.37. The molecule has 27 heteroatoms. The summed E-state index contributed by atoms with van der Waals surface area (Å²) in [6.07, 6.45) is 0. The number of esters is 3. The molecule has 0 spiro atoms. The summed E-state index contributed by atoms with van der Waals surface area (Å²) < 4.78 is 58.0. The number of methoxy groups -OCH3 is 2. The molecule has 3 saturated heterocycles. The van der Waals surface area contributed by atoms with E-state index < -0.39 is 29.0 Å². The Hall–Kier alpha value is -12.4. The maximum Gasteiger partial charge on any atom is 0.345 e. The Labute approximate surface area is 700 Å². The van der Waals surface area contributed by atoms with Crippen molar-refractivity contribution >= 4 is 109 Å². The minimum Gasteiger partial charge on any atom is -0.497 e. The molecule has 23 nitrogen and oxygen atoms in total. The summed E-state index contributed by atoms with van der Waals surface area (Å²) in [6.45, 7) is 16.8. The number of aryl methyl sites for hydroxylation is 4. The van der Waals surface area contributed by atoms with Crippen molar-refractivity contribution in [2.24, 2.45) is 7.05 Å². The molecule has 3 aliphatic heterocycles. The minimum atomic E-state index is -0.710. The van der Waals surface area contributed by atoms with E-state index in [1.54, 1.807) is 152 Å². The summed E-state index contributed by atoms with van der Waals surface area (Å²) in [5, 5.41) is 2.96. The average molecular weight is 1670 g/mol. The highest BCUT2D eigenvalue weighted by atomic mass is 35.5. The Morgan fingerprint density at radius 3 is 0.992 bits per heavy atom. The highest BCUT2D eigenvalue weighted by Gasteiger charge is 2.35. The third-order valence-electron chi connectivity index (χ3n) is 20.7. The number of amides is 3. The second kappa shape index (κ2) is 40.2. The van der Waals surface area contributed by atoms with E-state index in [0.29, 0.717) is 150 Å². The van der Waals surface area contributed by atoms with Crippen LogP contribution in [-0.4, -0.2) is 177 Å². The number of halogens is 4. The van der Waals surface area contributed by atoms with Gasteiger partial charge in [-0.2, -0.15) is 0 Å². The SMILES string of the molecule is C.C.C.CCOC(=O)c1c(N2CCN(C(=O)c3ccc(Cl)c(Cl)c3)CC2)c2cc(C)ccc2n(Cc2ccc(F)cc2)c1=O.CCOC(=O)c1c(N2CCN(C(=O)c3ccc(OC)cc3)CC2)c2cc(C)ccc2n(C)c1=O.CCOC(=O)c1c(N2CCN(C(=O)c3ccc(OC)cc3)CC2)c2cc(C)ccc2n(Cc2ccc(F)cc2)c1=O. The smallest absolute Gasteiger partial charge is 0.345 e. The normalized spacial score (nSPS) is 13.2. The molecule has 0 N–H and O–H groups in total. The maximum absolute atomic E-state index is 14.0. The fourth-order valence-corrected chi connectivity index (χ4v) is 15.1. The molecule has 11 aromatic rings. The van der Waals surface area contributed by atoms with E-state index in [0.717, 1.165) is 43.9 Å². The number of carbonyl (C=O) groups is 6. The van der Waals surface area contributed by atoms with Gasteiger partial charge >= 0.3 is 17.9 Å². The number of nitrogens with zero attached hydrogens (tertiary/aromatic N) is 9. The second-order valence-corrected chi connectivity index (χ2v) is 29.0. The predicted molar refractivity (Wildman–Crippen MR) is 466 cm³/mol. The fourth-order valence-electron chi connectivity index (χ4n) is 14.8. The van der Waals surface area contributed by atoms with Gasteiger partial charge in [0.15, 0.2) is 0 Å². The van der Waals surface area contributed by atoms with Gasteiger partial charge in [-0.15, -0.1) is 0 Å². The third-order valence-corrected chi connectivity index (χ3v) is 21.5. The van der Waals surface area contributed by atoms with Gasteiger partial charge in [-0.1, -0.05) is 105 Å². The summed E-state index contributed by atoms with van der Waals surface area (Å²) in [4.78, 5) is 131. The Morgan fingerprint density at radius 2 is 0.672 bits per heavy atom. The van der Waals surface area contributed by atoms with E-state index in [1.807, 2.05) is 90.1 Å². The first-order chi connectivity index (χ1) is 55.8. The zero-order chi connectivity index (χ0) is 82.8. The van der Waals surface area contributed by atoms with Crippen molar-refractivity contribution in [3.05, 3.63) is 284 Å². The predicted octanol–water partition coefficient (Wildman–Crippen LogP) is 15.5. The first-order valence-electron chi connectivity index (χ1n) is 38.2. The van der Waals surface area contributed by atoms with Crippen LogP contribution in [0, 0.1) is 32.4 Å². The number of anilines is 3. The van der Waals surface area contributed by atoms with Crippen molar-refractivity contribution < 1.29 is 61.2 Å². The van der Waals surface area contributed by atoms with E-state index in [9.17, 15) is 51.9 Å². The number of rotatable bonds is 18. The summed E-state index contributed by atoms with van der Waals surface area (Å²) >= 11 is 12.1. The van der Waals surface area contributed by atoms with Crippen LogP contribution in [-0.2, 0) is 34.3 Å². The van der Waals surface area contributed by atoms with Crippen LogP contribution in [0.4, 0.5) is 25.8 Å². The largest absolute Gasteiger partial charge is 0.497 e. The third kappa shape index (κ3) is 19.9. The number of ether oxygens (including phenoxy) is 5. The Balaban J connectivity index is 0.000000202. The number of piperazine rings is 3. The lowest BCUT2D eigenvalue weighted by atomic mass is 10.0. The van der Waals surface area contributed by atoms with Crippen molar-refractivity contribution in [1.29, 1.82) is 0 Å². The van der Waals surface area contributed by atoms with Crippen LogP contribution in [0.5, 0.6) is 11.5 Å². The monoisotopic (exact) mass is 1660 g/mol. The summed E-state index contributed by atoms with van der Waals surface area (Å²) in [6, 6.07) is 48.0. The molecule has 3 amide bonds. The molecule has 119 heavy (non-hydrogen) atoms. The molecule has 8 aromatic carbocycles. The van der Waals surface area contributed by atoms with Crippen LogP contribution in [0.2, 0.25) is 10.0 Å². The zero-order valence-corrected chi connectivity index (χ0v) is 67.5.